The van der Waals surface area contributed by atoms with Crippen molar-refractivity contribution in [3.8, 4) is 11.8 Å². The average molecular weight is 313 g/mol. The molecule has 0 spiro atoms. The van der Waals surface area contributed by atoms with Crippen LogP contribution >= 0.6 is 0 Å². The van der Waals surface area contributed by atoms with Gasteiger partial charge in [-0.25, -0.2) is 9.71 Å². The topological polar surface area (TPSA) is 119 Å². The maximum Gasteiger partial charge on any atom is 0.281 e. The highest BCUT2D eigenvalue weighted by atomic mass is 32.2. The number of imidazole rings is 1. The van der Waals surface area contributed by atoms with E-state index in [-0.39, 0.29) is 22.7 Å². The van der Waals surface area contributed by atoms with Gasteiger partial charge >= 0.3 is 0 Å². The second-order valence-corrected chi connectivity index (χ2v) is 5.58. The van der Waals surface area contributed by atoms with Crippen LogP contribution in [0.1, 0.15) is 12.7 Å². The van der Waals surface area contributed by atoms with E-state index in [0.29, 0.717) is 12.2 Å². The van der Waals surface area contributed by atoms with E-state index >= 15 is 0 Å². The van der Waals surface area contributed by atoms with Gasteiger partial charge in [0.05, 0.1) is 26.5 Å². The Balaban J connectivity index is 2.31. The lowest BCUT2D eigenvalue weighted by atomic mass is 10.5. The molecule has 2 rings (SSSR count). The Kier molecular flexibility index (Phi) is 4.26. The van der Waals surface area contributed by atoms with Crippen LogP contribution in [-0.4, -0.2) is 42.6 Å². The molecule has 0 fully saturated rings. The summed E-state index contributed by atoms with van der Waals surface area (Å²) in [6.45, 7) is 1.86. The fourth-order valence-corrected chi connectivity index (χ4v) is 2.38. The molecule has 2 N–H and O–H groups in total. The van der Waals surface area contributed by atoms with Gasteiger partial charge in [-0.1, -0.05) is 6.92 Å². The molecule has 0 amide bonds. The summed E-state index contributed by atoms with van der Waals surface area (Å²) in [6, 6.07) is 1.43. The summed E-state index contributed by atoms with van der Waals surface area (Å²) in [7, 11) is -1.05. The third-order valence-corrected chi connectivity index (χ3v) is 3.79. The highest BCUT2D eigenvalue weighted by Gasteiger charge is 2.19. The number of aromatic nitrogens is 4. The van der Waals surface area contributed by atoms with Crippen LogP contribution in [0, 0.1) is 0 Å². The van der Waals surface area contributed by atoms with Gasteiger partial charge in [0, 0.05) is 6.42 Å². The largest absolute Gasteiger partial charge is 0.481 e. The monoisotopic (exact) mass is 313 g/mol. The average Bonchev–Trinajstić information content (AvgIpc) is 2.96. The van der Waals surface area contributed by atoms with Gasteiger partial charge in [-0.05, 0) is 0 Å². The number of nitrogens with one attached hydrogen (secondary N) is 2. The van der Waals surface area contributed by atoms with Crippen molar-refractivity contribution >= 4 is 16.0 Å². The van der Waals surface area contributed by atoms with Gasteiger partial charge in [0.1, 0.15) is 5.82 Å². The lowest BCUT2D eigenvalue weighted by molar-refractivity contribution is 0.373. The summed E-state index contributed by atoms with van der Waals surface area (Å²) in [5.41, 5.74) is 0. The smallest absolute Gasteiger partial charge is 0.281 e. The Labute approximate surface area is 121 Å². The van der Waals surface area contributed by atoms with Crippen LogP contribution in [0.25, 0.3) is 0 Å². The van der Waals surface area contributed by atoms with Gasteiger partial charge in [-0.2, -0.15) is 18.4 Å². The Hall–Kier alpha value is -2.36. The lowest BCUT2D eigenvalue weighted by Gasteiger charge is -2.08. The molecule has 0 aliphatic rings. The lowest BCUT2D eigenvalue weighted by Crippen LogP contribution is -2.16. The maximum atomic E-state index is 12.2. The molecule has 0 atom stereocenters. The van der Waals surface area contributed by atoms with Gasteiger partial charge < -0.3 is 14.5 Å². The summed E-state index contributed by atoms with van der Waals surface area (Å²) in [4.78, 5) is 14.4. The van der Waals surface area contributed by atoms with E-state index < -0.39 is 10.0 Å². The summed E-state index contributed by atoms with van der Waals surface area (Å²) < 4.78 is 36.5. The predicted octanol–water partition coefficient (Wildman–Crippen LogP) is 0.580. The van der Waals surface area contributed by atoms with E-state index in [0.717, 1.165) is 0 Å². The third-order valence-electron chi connectivity index (χ3n) is 2.55. The number of rotatable bonds is 6. The number of aromatic amines is 1. The Morgan fingerprint density at radius 2 is 1.86 bits per heavy atom. The SMILES string of the molecule is CCc1ncc(S(=O)(=O)Nc2nc(OC)cc(OC)n2)[nH]1. The minimum atomic E-state index is -3.86. The molecule has 2 heterocycles. The summed E-state index contributed by atoms with van der Waals surface area (Å²) >= 11 is 0. The maximum absolute atomic E-state index is 12.2. The van der Waals surface area contributed by atoms with Crippen molar-refractivity contribution < 1.29 is 17.9 Å². The second-order valence-electron chi connectivity index (χ2n) is 3.93. The first-order chi connectivity index (χ1) is 9.98. The van der Waals surface area contributed by atoms with Gasteiger partial charge in [-0.15, -0.1) is 0 Å². The number of ether oxygens (including phenoxy) is 2. The molecule has 0 aliphatic carbocycles. The van der Waals surface area contributed by atoms with Crippen molar-refractivity contribution in [1.82, 2.24) is 19.9 Å². The first-order valence-electron chi connectivity index (χ1n) is 6.02. The van der Waals surface area contributed by atoms with Crippen LogP contribution in [-0.2, 0) is 16.4 Å². The number of anilines is 1. The minimum absolute atomic E-state index is 0.0651. The normalized spacial score (nSPS) is 11.2. The number of sulfonamides is 1. The number of methoxy groups -OCH3 is 2. The molecular formula is C11H15N5O4S. The molecule has 0 unspecified atom stereocenters. The fraction of sp³-hybridized carbons (Fsp3) is 0.364. The first kappa shape index (κ1) is 15.0. The molecule has 0 saturated carbocycles. The van der Waals surface area contributed by atoms with Crippen LogP contribution in [0.4, 0.5) is 5.95 Å². The van der Waals surface area contributed by atoms with Gasteiger partial charge in [0.15, 0.2) is 5.03 Å². The summed E-state index contributed by atoms with van der Waals surface area (Å²) in [5.74, 6) is 0.773. The van der Waals surface area contributed by atoms with Gasteiger partial charge in [0.2, 0.25) is 17.7 Å². The Morgan fingerprint density at radius 3 is 2.33 bits per heavy atom. The van der Waals surface area contributed by atoms with Crippen molar-refractivity contribution in [2.75, 3.05) is 18.9 Å². The van der Waals surface area contributed by atoms with Crippen molar-refractivity contribution in [2.45, 2.75) is 18.4 Å². The molecule has 0 aromatic carbocycles. The highest BCUT2D eigenvalue weighted by molar-refractivity contribution is 7.92. The molecule has 9 nitrogen and oxygen atoms in total. The standard InChI is InChI=1S/C11H15N5O4S/c1-4-7-12-6-10(13-7)21(17,18)16-11-14-8(19-2)5-9(15-11)20-3/h5-6H,4H2,1-3H3,(H,12,13)(H,14,15,16). The zero-order chi connectivity index (χ0) is 15.5. The minimum Gasteiger partial charge on any atom is -0.481 e. The zero-order valence-electron chi connectivity index (χ0n) is 11.7. The van der Waals surface area contributed by atoms with E-state index in [1.165, 1.54) is 26.5 Å². The molecule has 21 heavy (non-hydrogen) atoms. The zero-order valence-corrected chi connectivity index (χ0v) is 12.6. The second kappa shape index (κ2) is 5.95. The summed E-state index contributed by atoms with van der Waals surface area (Å²) in [6.07, 6.45) is 1.83. The van der Waals surface area contributed by atoms with Crippen molar-refractivity contribution in [3.63, 3.8) is 0 Å². The quantitative estimate of drug-likeness (QED) is 0.800. The van der Waals surface area contributed by atoms with Gasteiger partial charge in [0.25, 0.3) is 10.0 Å². The van der Waals surface area contributed by atoms with Crippen LogP contribution < -0.4 is 14.2 Å². The number of H-pyrrole nitrogens is 1. The van der Waals surface area contributed by atoms with Crippen LogP contribution in [0.2, 0.25) is 0 Å². The highest BCUT2D eigenvalue weighted by Crippen LogP contribution is 2.19. The van der Waals surface area contributed by atoms with Crippen molar-refractivity contribution in [3.05, 3.63) is 18.1 Å². The van der Waals surface area contributed by atoms with E-state index in [1.807, 2.05) is 6.92 Å². The predicted molar refractivity (Wildman–Crippen MR) is 73.9 cm³/mol. The van der Waals surface area contributed by atoms with Crippen LogP contribution in [0.5, 0.6) is 11.8 Å². The van der Waals surface area contributed by atoms with Crippen molar-refractivity contribution in [2.24, 2.45) is 0 Å². The molecule has 0 bridgehead atoms. The molecule has 0 saturated heterocycles. The number of hydrogen-bond donors (Lipinski definition) is 2. The molecule has 2 aromatic heterocycles. The molecule has 114 valence electrons. The fourth-order valence-electron chi connectivity index (χ4n) is 1.49. The number of nitrogens with zero attached hydrogens (tertiary/aromatic N) is 3. The third kappa shape index (κ3) is 3.40. The Bertz CT molecular complexity index is 706. The summed E-state index contributed by atoms with van der Waals surface area (Å²) in [5, 5.41) is -0.0651. The molecule has 2 aromatic rings. The van der Waals surface area contributed by atoms with E-state index in [9.17, 15) is 8.42 Å². The first-order valence-corrected chi connectivity index (χ1v) is 7.50. The van der Waals surface area contributed by atoms with E-state index in [4.69, 9.17) is 9.47 Å². The molecule has 0 radical (unpaired) electrons. The number of aryl methyl sites for hydroxylation is 1. The number of hydrogen-bond acceptors (Lipinski definition) is 7. The van der Waals surface area contributed by atoms with Crippen LogP contribution in [0.15, 0.2) is 17.3 Å². The Morgan fingerprint density at radius 1 is 1.24 bits per heavy atom. The molecule has 10 heteroatoms. The van der Waals surface area contributed by atoms with Crippen molar-refractivity contribution in [1.29, 1.82) is 0 Å². The van der Waals surface area contributed by atoms with E-state index in [2.05, 4.69) is 24.7 Å². The van der Waals surface area contributed by atoms with E-state index in [1.54, 1.807) is 0 Å². The van der Waals surface area contributed by atoms with Crippen LogP contribution in [0.3, 0.4) is 0 Å². The molecular weight excluding hydrogens is 298 g/mol. The van der Waals surface area contributed by atoms with Gasteiger partial charge in [-0.3, -0.25) is 0 Å². The molecule has 0 aliphatic heterocycles.